The molecule has 2 heterocycles. The molecule has 0 fully saturated rings. The zero-order valence-electron chi connectivity index (χ0n) is 11.8. The van der Waals surface area contributed by atoms with Crippen molar-refractivity contribution < 1.29 is 0 Å². The average molecular weight is 329 g/mol. The van der Waals surface area contributed by atoms with Crippen LogP contribution in [0.2, 0.25) is 5.15 Å². The van der Waals surface area contributed by atoms with E-state index in [2.05, 4.69) is 26.3 Å². The average Bonchev–Trinajstić information content (AvgIpc) is 2.56. The molecule has 3 rings (SSSR count). The van der Waals surface area contributed by atoms with Gasteiger partial charge in [-0.25, -0.2) is 9.97 Å². The molecule has 0 spiro atoms. The van der Waals surface area contributed by atoms with Gasteiger partial charge < -0.3 is 5.32 Å². The molecule has 0 saturated carbocycles. The fourth-order valence-electron chi connectivity index (χ4n) is 1.99. The second kappa shape index (κ2) is 6.77. The lowest BCUT2D eigenvalue weighted by Crippen LogP contribution is -1.98. The van der Waals surface area contributed by atoms with Crippen molar-refractivity contribution in [2.24, 2.45) is 0 Å². The van der Waals surface area contributed by atoms with Crippen LogP contribution in [0.25, 0.3) is 11.4 Å². The summed E-state index contributed by atoms with van der Waals surface area (Å²) < 4.78 is 0. The van der Waals surface area contributed by atoms with E-state index in [1.54, 1.807) is 30.2 Å². The zero-order valence-corrected chi connectivity index (χ0v) is 13.4. The first-order valence-corrected chi connectivity index (χ1v) is 8.21. The summed E-state index contributed by atoms with van der Waals surface area (Å²) in [7, 11) is 0. The van der Waals surface area contributed by atoms with E-state index in [0.29, 0.717) is 16.8 Å². The smallest absolute Gasteiger partial charge is 0.164 e. The molecule has 0 aliphatic rings. The quantitative estimate of drug-likeness (QED) is 0.557. The lowest BCUT2D eigenvalue weighted by atomic mass is 10.2. The van der Waals surface area contributed by atoms with Crippen LogP contribution in [-0.2, 0) is 0 Å². The molecule has 1 N–H and O–H groups in total. The number of nitrogens with one attached hydrogen (secondary N) is 1. The highest BCUT2D eigenvalue weighted by Gasteiger charge is 2.08. The molecular weight excluding hydrogens is 316 g/mol. The van der Waals surface area contributed by atoms with Crippen LogP contribution in [0.4, 0.5) is 11.5 Å². The minimum atomic E-state index is 0.387. The third kappa shape index (κ3) is 3.37. The summed E-state index contributed by atoms with van der Waals surface area (Å²) in [6.45, 7) is 0. The molecule has 22 heavy (non-hydrogen) atoms. The van der Waals surface area contributed by atoms with Crippen LogP contribution in [-0.4, -0.2) is 21.2 Å². The van der Waals surface area contributed by atoms with Gasteiger partial charge in [-0.15, -0.1) is 11.8 Å². The number of nitrogens with zero attached hydrogens (tertiary/aromatic N) is 3. The summed E-state index contributed by atoms with van der Waals surface area (Å²) in [6, 6.07) is 13.5. The summed E-state index contributed by atoms with van der Waals surface area (Å²) in [5, 5.41) is 3.68. The second-order valence-electron chi connectivity index (χ2n) is 4.47. The Hall–Kier alpha value is -2.11. The van der Waals surface area contributed by atoms with Crippen molar-refractivity contribution in [1.29, 1.82) is 0 Å². The molecule has 0 aliphatic heterocycles. The van der Waals surface area contributed by atoms with Gasteiger partial charge in [-0.2, -0.15) is 0 Å². The Labute approximate surface area is 138 Å². The monoisotopic (exact) mass is 328 g/mol. The van der Waals surface area contributed by atoms with Crippen molar-refractivity contribution in [3.05, 3.63) is 60.0 Å². The van der Waals surface area contributed by atoms with Crippen LogP contribution in [0.15, 0.2) is 59.8 Å². The number of halogens is 1. The van der Waals surface area contributed by atoms with Gasteiger partial charge in [0.05, 0.1) is 5.69 Å². The van der Waals surface area contributed by atoms with Gasteiger partial charge >= 0.3 is 0 Å². The van der Waals surface area contributed by atoms with E-state index in [-0.39, 0.29) is 0 Å². The summed E-state index contributed by atoms with van der Waals surface area (Å²) in [5.74, 6) is 1.20. The van der Waals surface area contributed by atoms with Gasteiger partial charge in [-0.05, 0) is 30.5 Å². The fraction of sp³-hybridized carbons (Fsp3) is 0.0625. The second-order valence-corrected chi connectivity index (χ2v) is 5.70. The van der Waals surface area contributed by atoms with E-state index in [9.17, 15) is 0 Å². The van der Waals surface area contributed by atoms with Gasteiger partial charge in [0.25, 0.3) is 0 Å². The maximum absolute atomic E-state index is 6.12. The van der Waals surface area contributed by atoms with Crippen molar-refractivity contribution in [2.45, 2.75) is 4.90 Å². The normalized spacial score (nSPS) is 10.5. The molecule has 0 atom stereocenters. The Bertz CT molecular complexity index is 780. The van der Waals surface area contributed by atoms with E-state index in [1.165, 1.54) is 0 Å². The van der Waals surface area contributed by atoms with Crippen molar-refractivity contribution in [3.8, 4) is 11.4 Å². The number of pyridine rings is 1. The summed E-state index contributed by atoms with van der Waals surface area (Å²) in [4.78, 5) is 14.0. The Morgan fingerprint density at radius 3 is 2.73 bits per heavy atom. The molecule has 0 bridgehead atoms. The molecule has 3 aromatic rings. The minimum Gasteiger partial charge on any atom is -0.339 e. The number of rotatable bonds is 4. The molecule has 0 saturated heterocycles. The van der Waals surface area contributed by atoms with Crippen LogP contribution < -0.4 is 5.32 Å². The maximum atomic E-state index is 6.12. The lowest BCUT2D eigenvalue weighted by molar-refractivity contribution is 1.16. The predicted molar refractivity (Wildman–Crippen MR) is 91.8 cm³/mol. The van der Waals surface area contributed by atoms with Crippen LogP contribution >= 0.6 is 23.4 Å². The predicted octanol–water partition coefficient (Wildman–Crippen LogP) is 4.66. The largest absolute Gasteiger partial charge is 0.339 e. The van der Waals surface area contributed by atoms with Gasteiger partial charge in [-0.3, -0.25) is 4.98 Å². The molecule has 0 radical (unpaired) electrons. The van der Waals surface area contributed by atoms with Crippen LogP contribution in [0.5, 0.6) is 0 Å². The molecule has 6 heteroatoms. The Morgan fingerprint density at radius 2 is 1.95 bits per heavy atom. The van der Waals surface area contributed by atoms with Crippen LogP contribution in [0, 0.1) is 0 Å². The third-order valence-electron chi connectivity index (χ3n) is 2.98. The van der Waals surface area contributed by atoms with Crippen molar-refractivity contribution in [3.63, 3.8) is 0 Å². The van der Waals surface area contributed by atoms with E-state index in [4.69, 9.17) is 11.6 Å². The highest BCUT2D eigenvalue weighted by molar-refractivity contribution is 7.98. The minimum absolute atomic E-state index is 0.387. The Kier molecular flexibility index (Phi) is 4.56. The van der Waals surface area contributed by atoms with Gasteiger partial charge in [0.2, 0.25) is 0 Å². The molecule has 4 nitrogen and oxygen atoms in total. The maximum Gasteiger partial charge on any atom is 0.164 e. The molecule has 0 unspecified atom stereocenters. The third-order valence-corrected chi connectivity index (χ3v) is 3.97. The summed E-state index contributed by atoms with van der Waals surface area (Å²) in [6.07, 6.45) is 5.46. The number of benzene rings is 1. The number of hydrogen-bond acceptors (Lipinski definition) is 5. The first-order chi connectivity index (χ1) is 10.8. The molecule has 110 valence electrons. The van der Waals surface area contributed by atoms with E-state index < -0.39 is 0 Å². The first kappa shape index (κ1) is 14.8. The zero-order chi connectivity index (χ0) is 15.4. The number of aromatic nitrogens is 3. The summed E-state index contributed by atoms with van der Waals surface area (Å²) in [5.41, 5.74) is 1.81. The van der Waals surface area contributed by atoms with Gasteiger partial charge in [0, 0.05) is 28.9 Å². The molecule has 0 aliphatic carbocycles. The lowest BCUT2D eigenvalue weighted by Gasteiger charge is -2.11. The molecule has 2 aromatic heterocycles. The highest BCUT2D eigenvalue weighted by Crippen LogP contribution is 2.28. The van der Waals surface area contributed by atoms with Crippen molar-refractivity contribution >= 4 is 34.9 Å². The number of para-hydroxylation sites is 1. The van der Waals surface area contributed by atoms with Crippen LogP contribution in [0.1, 0.15) is 0 Å². The summed E-state index contributed by atoms with van der Waals surface area (Å²) >= 11 is 7.79. The molecular formula is C16H13ClN4S. The number of hydrogen-bond donors (Lipinski definition) is 1. The van der Waals surface area contributed by atoms with E-state index >= 15 is 0 Å². The Morgan fingerprint density at radius 1 is 1.09 bits per heavy atom. The Balaban J connectivity index is 1.96. The number of anilines is 2. The highest BCUT2D eigenvalue weighted by atomic mass is 35.5. The fourth-order valence-corrected chi connectivity index (χ4v) is 2.73. The van der Waals surface area contributed by atoms with E-state index in [1.807, 2.05) is 36.6 Å². The molecule has 0 amide bonds. The first-order valence-electron chi connectivity index (χ1n) is 6.61. The van der Waals surface area contributed by atoms with Gasteiger partial charge in [-0.1, -0.05) is 23.7 Å². The van der Waals surface area contributed by atoms with E-state index in [0.717, 1.165) is 16.1 Å². The standard InChI is InChI=1S/C16H13ClN4S/c1-22-13-7-3-2-6-12(13)19-15-9-14(17)20-16(21-15)11-5-4-8-18-10-11/h2-10H,1H3,(H,19,20,21). The van der Waals surface area contributed by atoms with Crippen molar-refractivity contribution in [1.82, 2.24) is 15.0 Å². The van der Waals surface area contributed by atoms with Crippen LogP contribution in [0.3, 0.4) is 0 Å². The SMILES string of the molecule is CSc1ccccc1Nc1cc(Cl)nc(-c2cccnc2)n1. The molecule has 1 aromatic carbocycles. The number of thioether (sulfide) groups is 1. The topological polar surface area (TPSA) is 50.7 Å². The van der Waals surface area contributed by atoms with Gasteiger partial charge in [0.1, 0.15) is 11.0 Å². The van der Waals surface area contributed by atoms with Crippen molar-refractivity contribution in [2.75, 3.05) is 11.6 Å². The van der Waals surface area contributed by atoms with Gasteiger partial charge in [0.15, 0.2) is 5.82 Å².